The van der Waals surface area contributed by atoms with Crippen LogP contribution in [0.2, 0.25) is 0 Å². The summed E-state index contributed by atoms with van der Waals surface area (Å²) in [5, 5.41) is 2.62. The van der Waals surface area contributed by atoms with Gasteiger partial charge < -0.3 is 19.7 Å². The molecule has 0 saturated heterocycles. The van der Waals surface area contributed by atoms with Gasteiger partial charge in [-0.15, -0.1) is 0 Å². The Labute approximate surface area is 158 Å². The van der Waals surface area contributed by atoms with Crippen LogP contribution in [-0.2, 0) is 9.59 Å². The van der Waals surface area contributed by atoms with Gasteiger partial charge in [0.05, 0.1) is 12.2 Å². The molecule has 0 unspecified atom stereocenters. The predicted molar refractivity (Wildman–Crippen MR) is 95.5 cm³/mol. The van der Waals surface area contributed by atoms with Crippen molar-refractivity contribution in [3.8, 4) is 11.5 Å². The van der Waals surface area contributed by atoms with Crippen LogP contribution < -0.4 is 19.7 Å². The summed E-state index contributed by atoms with van der Waals surface area (Å²) in [6, 6.07) is 12.4. The van der Waals surface area contributed by atoms with E-state index in [9.17, 15) is 22.8 Å². The van der Waals surface area contributed by atoms with Gasteiger partial charge in [0.1, 0.15) is 11.5 Å². The summed E-state index contributed by atoms with van der Waals surface area (Å²) in [6.45, 7) is 0.0522. The first kappa shape index (κ1) is 19.5. The fourth-order valence-corrected chi connectivity index (χ4v) is 2.69. The Morgan fingerprint density at radius 2 is 1.86 bits per heavy atom. The summed E-state index contributed by atoms with van der Waals surface area (Å²) >= 11 is 0. The Bertz CT molecular complexity index is 868. The van der Waals surface area contributed by atoms with E-state index in [0.717, 1.165) is 0 Å². The molecular weight excluding hydrogens is 377 g/mol. The van der Waals surface area contributed by atoms with Gasteiger partial charge >= 0.3 is 6.18 Å². The fraction of sp³-hybridized carbons (Fsp3) is 0.263. The van der Waals surface area contributed by atoms with E-state index in [4.69, 9.17) is 4.74 Å². The molecule has 1 atom stereocenters. The number of fused-ring (bicyclic) bond motifs is 1. The maximum Gasteiger partial charge on any atom is 0.422 e. The average Bonchev–Trinajstić information content (AvgIpc) is 2.65. The molecule has 0 radical (unpaired) electrons. The van der Waals surface area contributed by atoms with Crippen LogP contribution in [-0.4, -0.2) is 37.2 Å². The second-order valence-electron chi connectivity index (χ2n) is 6.12. The van der Waals surface area contributed by atoms with Crippen molar-refractivity contribution in [3.05, 3.63) is 48.5 Å². The second kappa shape index (κ2) is 7.79. The molecule has 2 aromatic rings. The lowest BCUT2D eigenvalue weighted by Crippen LogP contribution is -2.48. The van der Waals surface area contributed by atoms with Crippen molar-refractivity contribution in [3.63, 3.8) is 0 Å². The maximum absolute atomic E-state index is 12.5. The molecular formula is C19H17F3N2O4. The Kier molecular flexibility index (Phi) is 5.43. The van der Waals surface area contributed by atoms with Crippen LogP contribution in [0.3, 0.4) is 0 Å². The molecule has 9 heteroatoms. The van der Waals surface area contributed by atoms with Crippen LogP contribution in [0.5, 0.6) is 11.5 Å². The third-order valence-corrected chi connectivity index (χ3v) is 3.97. The zero-order valence-electron chi connectivity index (χ0n) is 14.8. The molecule has 1 aliphatic rings. The van der Waals surface area contributed by atoms with Crippen LogP contribution in [0, 0.1) is 0 Å². The van der Waals surface area contributed by atoms with Crippen LogP contribution >= 0.6 is 0 Å². The number of nitrogens with one attached hydrogen (secondary N) is 1. The van der Waals surface area contributed by atoms with Crippen molar-refractivity contribution in [2.75, 3.05) is 23.4 Å². The first-order chi connectivity index (χ1) is 13.2. The summed E-state index contributed by atoms with van der Waals surface area (Å²) in [4.78, 5) is 25.9. The Morgan fingerprint density at radius 3 is 2.50 bits per heavy atom. The lowest BCUT2D eigenvalue weighted by Gasteiger charge is -2.33. The Balaban J connectivity index is 1.66. The van der Waals surface area contributed by atoms with Gasteiger partial charge in [0, 0.05) is 12.6 Å². The molecule has 1 N–H and O–H groups in total. The zero-order chi connectivity index (χ0) is 20.3. The summed E-state index contributed by atoms with van der Waals surface area (Å²) in [5.41, 5.74) is 0.950. The number of anilines is 2. The first-order valence-corrected chi connectivity index (χ1v) is 8.37. The Morgan fingerprint density at radius 1 is 1.18 bits per heavy atom. The highest BCUT2D eigenvalue weighted by Gasteiger charge is 2.32. The van der Waals surface area contributed by atoms with E-state index in [0.29, 0.717) is 17.1 Å². The van der Waals surface area contributed by atoms with Crippen molar-refractivity contribution >= 4 is 23.2 Å². The second-order valence-corrected chi connectivity index (χ2v) is 6.12. The predicted octanol–water partition coefficient (Wildman–Crippen LogP) is 3.38. The number of alkyl halides is 3. The molecule has 28 heavy (non-hydrogen) atoms. The smallest absolute Gasteiger partial charge is 0.422 e. The van der Waals surface area contributed by atoms with E-state index < -0.39 is 24.8 Å². The normalized spacial score (nSPS) is 16.0. The van der Waals surface area contributed by atoms with E-state index in [-0.39, 0.29) is 18.2 Å². The van der Waals surface area contributed by atoms with Crippen molar-refractivity contribution in [1.29, 1.82) is 0 Å². The summed E-state index contributed by atoms with van der Waals surface area (Å²) < 4.78 is 46.8. The lowest BCUT2D eigenvalue weighted by molar-refractivity contribution is -0.153. The quantitative estimate of drug-likeness (QED) is 0.863. The average molecular weight is 394 g/mol. The van der Waals surface area contributed by atoms with Crippen molar-refractivity contribution in [1.82, 2.24) is 0 Å². The van der Waals surface area contributed by atoms with Crippen molar-refractivity contribution < 1.29 is 32.2 Å². The molecule has 0 fully saturated rings. The lowest BCUT2D eigenvalue weighted by atomic mass is 10.1. The number of halogens is 3. The highest BCUT2D eigenvalue weighted by atomic mass is 19.4. The molecule has 0 aliphatic carbocycles. The van der Waals surface area contributed by atoms with E-state index in [2.05, 4.69) is 10.1 Å². The van der Waals surface area contributed by atoms with Gasteiger partial charge in [-0.2, -0.15) is 13.2 Å². The number of amides is 2. The first-order valence-electron chi connectivity index (χ1n) is 8.37. The zero-order valence-corrected chi connectivity index (χ0v) is 14.8. The molecule has 148 valence electrons. The maximum atomic E-state index is 12.5. The van der Waals surface area contributed by atoms with E-state index >= 15 is 0 Å². The number of benzene rings is 2. The van der Waals surface area contributed by atoms with Gasteiger partial charge in [-0.25, -0.2) is 0 Å². The topological polar surface area (TPSA) is 67.9 Å². The number of rotatable bonds is 4. The van der Waals surface area contributed by atoms with Gasteiger partial charge in [0.15, 0.2) is 12.7 Å². The number of hydrogen-bond acceptors (Lipinski definition) is 4. The number of hydrogen-bond donors (Lipinski definition) is 1. The molecule has 2 amide bonds. The van der Waals surface area contributed by atoms with Crippen LogP contribution in [0.15, 0.2) is 48.5 Å². The highest BCUT2D eigenvalue weighted by Crippen LogP contribution is 2.33. The third kappa shape index (κ3) is 4.73. The molecule has 0 aromatic heterocycles. The minimum Gasteiger partial charge on any atom is -0.484 e. The molecule has 0 spiro atoms. The number of para-hydroxylation sites is 2. The van der Waals surface area contributed by atoms with Crippen LogP contribution in [0.4, 0.5) is 24.5 Å². The van der Waals surface area contributed by atoms with Gasteiger partial charge in [-0.05, 0) is 36.4 Å². The molecule has 0 saturated carbocycles. The molecule has 2 aromatic carbocycles. The molecule has 3 rings (SSSR count). The number of carbonyl (C=O) groups is 2. The van der Waals surface area contributed by atoms with Gasteiger partial charge in [0.2, 0.25) is 5.91 Å². The summed E-state index contributed by atoms with van der Waals surface area (Å²) in [6.07, 6.45) is -5.36. The summed E-state index contributed by atoms with van der Waals surface area (Å²) in [7, 11) is 0. The molecule has 1 heterocycles. The van der Waals surface area contributed by atoms with Crippen LogP contribution in [0.1, 0.15) is 6.92 Å². The summed E-state index contributed by atoms with van der Waals surface area (Å²) in [5.74, 6) is -0.259. The van der Waals surface area contributed by atoms with E-state index in [1.165, 1.54) is 36.1 Å². The van der Waals surface area contributed by atoms with E-state index in [1.54, 1.807) is 24.3 Å². The number of nitrogens with zero attached hydrogens (tertiary/aromatic N) is 1. The Hall–Kier alpha value is -3.23. The van der Waals surface area contributed by atoms with Crippen molar-refractivity contribution in [2.45, 2.75) is 19.2 Å². The highest BCUT2D eigenvalue weighted by molar-refractivity contribution is 5.99. The third-order valence-electron chi connectivity index (χ3n) is 3.97. The van der Waals surface area contributed by atoms with Gasteiger partial charge in [-0.3, -0.25) is 9.59 Å². The van der Waals surface area contributed by atoms with Crippen LogP contribution in [0.25, 0.3) is 0 Å². The minimum absolute atomic E-state index is 0.0286. The largest absolute Gasteiger partial charge is 0.484 e. The van der Waals surface area contributed by atoms with Gasteiger partial charge in [-0.1, -0.05) is 12.1 Å². The molecule has 0 bridgehead atoms. The van der Waals surface area contributed by atoms with Crippen molar-refractivity contribution in [2.24, 2.45) is 0 Å². The van der Waals surface area contributed by atoms with Gasteiger partial charge in [0.25, 0.3) is 5.91 Å². The number of carbonyl (C=O) groups excluding carboxylic acids is 2. The minimum atomic E-state index is -4.43. The SMILES string of the molecule is CC(=O)N1C[C@H](C(=O)Nc2ccc(OCC(F)(F)F)cc2)Oc2ccccc21. The molecule has 6 nitrogen and oxygen atoms in total. The monoisotopic (exact) mass is 394 g/mol. The standard InChI is InChI=1S/C19H17F3N2O4/c1-12(25)24-10-17(28-16-5-3-2-4-15(16)24)18(26)23-13-6-8-14(9-7-13)27-11-19(20,21)22/h2-9,17H,10-11H2,1H3,(H,23,26)/t17-/m1/s1. The number of ether oxygens (including phenoxy) is 2. The van der Waals surface area contributed by atoms with E-state index in [1.807, 2.05) is 0 Å². The molecule has 1 aliphatic heterocycles. The fourth-order valence-electron chi connectivity index (χ4n) is 2.69.